The van der Waals surface area contributed by atoms with Gasteiger partial charge in [-0.15, -0.1) is 0 Å². The molecule has 1 heterocycles. The van der Waals surface area contributed by atoms with Gasteiger partial charge in [-0.3, -0.25) is 0 Å². The third kappa shape index (κ3) is 0.448. The number of rotatable bonds is 0. The number of hydrogen-bond acceptors (Lipinski definition) is 0. The summed E-state index contributed by atoms with van der Waals surface area (Å²) in [5, 5.41) is 0. The van der Waals surface area contributed by atoms with Crippen LogP contribution in [0.2, 0.25) is 0 Å². The molecule has 1 nitrogen and oxygen atoms in total. The van der Waals surface area contributed by atoms with Gasteiger partial charge in [-0.05, 0) is 17.5 Å². The molecule has 0 radical (unpaired) electrons. The molecule has 0 amide bonds. The SMILES string of the molecule is CC1c2cc[nH]c2C1C.[HH]. The summed E-state index contributed by atoms with van der Waals surface area (Å²) in [6, 6.07) is 2.18. The zero-order chi connectivity index (χ0) is 6.43. The van der Waals surface area contributed by atoms with Crippen molar-refractivity contribution < 1.29 is 1.43 Å². The highest BCUT2D eigenvalue weighted by atomic mass is 14.7. The van der Waals surface area contributed by atoms with E-state index in [1.807, 2.05) is 6.20 Å². The lowest BCUT2D eigenvalue weighted by Crippen LogP contribution is -2.17. The van der Waals surface area contributed by atoms with Crippen LogP contribution in [-0.2, 0) is 0 Å². The maximum atomic E-state index is 3.24. The highest BCUT2D eigenvalue weighted by Gasteiger charge is 2.30. The van der Waals surface area contributed by atoms with E-state index >= 15 is 0 Å². The van der Waals surface area contributed by atoms with Crippen molar-refractivity contribution in [2.24, 2.45) is 0 Å². The van der Waals surface area contributed by atoms with Gasteiger partial charge in [0.15, 0.2) is 0 Å². The first kappa shape index (κ1) is 5.10. The van der Waals surface area contributed by atoms with Crippen LogP contribution in [0, 0.1) is 0 Å². The van der Waals surface area contributed by atoms with Crippen molar-refractivity contribution in [3.63, 3.8) is 0 Å². The maximum Gasteiger partial charge on any atom is 0.0217 e. The highest BCUT2D eigenvalue weighted by molar-refractivity contribution is 5.39. The molecule has 0 bridgehead atoms. The lowest BCUT2D eigenvalue weighted by atomic mass is 9.75. The molecular formula is C8H13N. The van der Waals surface area contributed by atoms with E-state index in [-0.39, 0.29) is 1.43 Å². The highest BCUT2D eigenvalue weighted by Crippen LogP contribution is 2.44. The van der Waals surface area contributed by atoms with Gasteiger partial charge in [0.1, 0.15) is 0 Å². The van der Waals surface area contributed by atoms with E-state index in [9.17, 15) is 0 Å². The predicted molar refractivity (Wildman–Crippen MR) is 39.7 cm³/mol. The Hall–Kier alpha value is -0.720. The van der Waals surface area contributed by atoms with Gasteiger partial charge < -0.3 is 4.98 Å². The molecule has 1 heteroatoms. The van der Waals surface area contributed by atoms with Crippen molar-refractivity contribution in [1.29, 1.82) is 0 Å². The Bertz CT molecular complexity index is 206. The number of H-pyrrole nitrogens is 1. The van der Waals surface area contributed by atoms with Crippen LogP contribution in [0.15, 0.2) is 12.3 Å². The normalized spacial score (nSPS) is 31.3. The zero-order valence-electron chi connectivity index (χ0n) is 5.81. The van der Waals surface area contributed by atoms with Gasteiger partial charge in [0, 0.05) is 19.2 Å². The van der Waals surface area contributed by atoms with Crippen LogP contribution in [0.1, 0.15) is 38.4 Å². The van der Waals surface area contributed by atoms with Gasteiger partial charge in [-0.1, -0.05) is 13.8 Å². The number of aromatic nitrogens is 1. The second kappa shape index (κ2) is 1.41. The average molecular weight is 123 g/mol. The summed E-state index contributed by atoms with van der Waals surface area (Å²) >= 11 is 0. The minimum Gasteiger partial charge on any atom is -0.365 e. The molecule has 9 heavy (non-hydrogen) atoms. The van der Waals surface area contributed by atoms with Crippen molar-refractivity contribution in [3.05, 3.63) is 23.5 Å². The molecule has 0 aromatic carbocycles. The summed E-state index contributed by atoms with van der Waals surface area (Å²) in [6.45, 7) is 4.55. The Morgan fingerprint density at radius 2 is 2.22 bits per heavy atom. The molecule has 0 saturated carbocycles. The largest absolute Gasteiger partial charge is 0.365 e. The van der Waals surface area contributed by atoms with Crippen LogP contribution in [0.4, 0.5) is 0 Å². The van der Waals surface area contributed by atoms with Gasteiger partial charge >= 0.3 is 0 Å². The topological polar surface area (TPSA) is 15.8 Å². The van der Waals surface area contributed by atoms with Crippen LogP contribution in [0.25, 0.3) is 0 Å². The van der Waals surface area contributed by atoms with Gasteiger partial charge in [-0.2, -0.15) is 0 Å². The fraction of sp³-hybridized carbons (Fsp3) is 0.500. The predicted octanol–water partition coefficient (Wildman–Crippen LogP) is 2.48. The zero-order valence-corrected chi connectivity index (χ0v) is 5.81. The van der Waals surface area contributed by atoms with Crippen LogP contribution >= 0.6 is 0 Å². The van der Waals surface area contributed by atoms with E-state index in [2.05, 4.69) is 24.9 Å². The molecule has 1 aliphatic carbocycles. The summed E-state index contributed by atoms with van der Waals surface area (Å²) in [5.74, 6) is 1.54. The molecule has 1 N–H and O–H groups in total. The standard InChI is InChI=1S/C8H11N.H2/c1-5-6(2)8-7(5)3-4-9-8;/h3-6,9H,1-2H3;1H. The first-order chi connectivity index (χ1) is 4.30. The van der Waals surface area contributed by atoms with Gasteiger partial charge in [0.2, 0.25) is 0 Å². The number of aromatic amines is 1. The van der Waals surface area contributed by atoms with E-state index in [1.54, 1.807) is 0 Å². The maximum absolute atomic E-state index is 3.24. The number of nitrogens with one attached hydrogen (secondary N) is 1. The smallest absolute Gasteiger partial charge is 0.0217 e. The molecule has 2 unspecified atom stereocenters. The Labute approximate surface area is 56.6 Å². The van der Waals surface area contributed by atoms with Crippen LogP contribution < -0.4 is 0 Å². The van der Waals surface area contributed by atoms with E-state index in [0.29, 0.717) is 0 Å². The molecule has 1 aromatic heterocycles. The number of fused-ring (bicyclic) bond motifs is 1. The summed E-state index contributed by atoms with van der Waals surface area (Å²) in [6.07, 6.45) is 2.03. The van der Waals surface area contributed by atoms with E-state index in [0.717, 1.165) is 11.8 Å². The summed E-state index contributed by atoms with van der Waals surface area (Å²) in [5.41, 5.74) is 2.96. The number of hydrogen-bond donors (Lipinski definition) is 1. The van der Waals surface area contributed by atoms with Crippen LogP contribution in [0.3, 0.4) is 0 Å². The van der Waals surface area contributed by atoms with Crippen molar-refractivity contribution in [2.75, 3.05) is 0 Å². The molecule has 1 aliphatic rings. The Morgan fingerprint density at radius 1 is 1.44 bits per heavy atom. The Morgan fingerprint density at radius 3 is 2.89 bits per heavy atom. The van der Waals surface area contributed by atoms with Gasteiger partial charge in [0.05, 0.1) is 0 Å². The fourth-order valence-corrected chi connectivity index (χ4v) is 1.61. The molecule has 0 spiro atoms. The average Bonchev–Trinajstić information content (AvgIpc) is 2.30. The minimum atomic E-state index is 0. The lowest BCUT2D eigenvalue weighted by Gasteiger charge is -2.30. The van der Waals surface area contributed by atoms with Gasteiger partial charge in [-0.25, -0.2) is 0 Å². The second-order valence-electron chi connectivity index (χ2n) is 2.92. The third-order valence-electron chi connectivity index (χ3n) is 2.51. The summed E-state index contributed by atoms with van der Waals surface area (Å²) in [4.78, 5) is 3.24. The van der Waals surface area contributed by atoms with E-state index < -0.39 is 0 Å². The monoisotopic (exact) mass is 123 g/mol. The molecule has 0 aliphatic heterocycles. The lowest BCUT2D eigenvalue weighted by molar-refractivity contribution is 0.531. The fourth-order valence-electron chi connectivity index (χ4n) is 1.61. The molecular weight excluding hydrogens is 110 g/mol. The van der Waals surface area contributed by atoms with Crippen LogP contribution in [-0.4, -0.2) is 4.98 Å². The van der Waals surface area contributed by atoms with E-state index in [1.165, 1.54) is 11.3 Å². The summed E-state index contributed by atoms with van der Waals surface area (Å²) in [7, 11) is 0. The summed E-state index contributed by atoms with van der Waals surface area (Å²) < 4.78 is 0. The van der Waals surface area contributed by atoms with E-state index in [4.69, 9.17) is 0 Å². The molecule has 1 aromatic rings. The molecule has 0 fully saturated rings. The second-order valence-corrected chi connectivity index (χ2v) is 2.92. The van der Waals surface area contributed by atoms with Crippen LogP contribution in [0.5, 0.6) is 0 Å². The first-order valence-corrected chi connectivity index (χ1v) is 3.48. The molecule has 2 rings (SSSR count). The van der Waals surface area contributed by atoms with Crippen molar-refractivity contribution >= 4 is 0 Å². The minimum absolute atomic E-state index is 0. The molecule has 0 saturated heterocycles. The first-order valence-electron chi connectivity index (χ1n) is 3.48. The Balaban J connectivity index is 0.000000500. The molecule has 50 valence electrons. The van der Waals surface area contributed by atoms with Gasteiger partial charge in [0.25, 0.3) is 0 Å². The third-order valence-corrected chi connectivity index (χ3v) is 2.51. The quantitative estimate of drug-likeness (QED) is 0.545. The Kier molecular flexibility index (Phi) is 0.797. The molecule has 2 atom stereocenters. The van der Waals surface area contributed by atoms with Crippen molar-refractivity contribution in [2.45, 2.75) is 25.7 Å². The van der Waals surface area contributed by atoms with Crippen molar-refractivity contribution in [1.82, 2.24) is 4.98 Å². The van der Waals surface area contributed by atoms with Crippen molar-refractivity contribution in [3.8, 4) is 0 Å².